The molecule has 2 atom stereocenters. The van der Waals surface area contributed by atoms with Crippen molar-refractivity contribution in [1.82, 2.24) is 23.8 Å². The van der Waals surface area contributed by atoms with Crippen LogP contribution in [0.3, 0.4) is 0 Å². The fraction of sp³-hybridized carbons (Fsp3) is 0.519. The Kier molecular flexibility index (Phi) is 7.57. The number of fused-ring (bicyclic) bond motifs is 1. The number of anilines is 2. The summed E-state index contributed by atoms with van der Waals surface area (Å²) in [5.41, 5.74) is 4.98. The first-order valence-corrected chi connectivity index (χ1v) is 14.5. The summed E-state index contributed by atoms with van der Waals surface area (Å²) in [6.07, 6.45) is 4.63. The molecule has 0 unspecified atom stereocenters. The lowest BCUT2D eigenvalue weighted by Crippen LogP contribution is -2.56. The van der Waals surface area contributed by atoms with Gasteiger partial charge < -0.3 is 15.0 Å². The van der Waals surface area contributed by atoms with Crippen LogP contribution in [0.5, 0.6) is 0 Å². The zero-order chi connectivity index (χ0) is 28.0. The summed E-state index contributed by atoms with van der Waals surface area (Å²) < 4.78 is 32.2. The van der Waals surface area contributed by atoms with Crippen molar-refractivity contribution in [3.8, 4) is 0 Å². The molecule has 1 N–H and O–H groups in total. The molecule has 0 aliphatic carbocycles. The first kappa shape index (κ1) is 28.0. The van der Waals surface area contributed by atoms with E-state index in [4.69, 9.17) is 4.74 Å². The molecule has 1 aromatic carbocycles. The lowest BCUT2D eigenvalue weighted by atomic mass is 9.80. The maximum absolute atomic E-state index is 13.3. The smallest absolute Gasteiger partial charge is 0.228 e. The molecule has 1 saturated heterocycles. The van der Waals surface area contributed by atoms with E-state index in [0.29, 0.717) is 0 Å². The summed E-state index contributed by atoms with van der Waals surface area (Å²) in [5.74, 6) is -0.366. The van der Waals surface area contributed by atoms with E-state index in [1.54, 1.807) is 29.8 Å². The van der Waals surface area contributed by atoms with Crippen LogP contribution in [0.1, 0.15) is 56.7 Å². The fourth-order valence-corrected chi connectivity index (χ4v) is 6.08. The van der Waals surface area contributed by atoms with Crippen LogP contribution in [0.25, 0.3) is 5.65 Å². The molecule has 38 heavy (non-hydrogen) atoms. The Morgan fingerprint density at radius 1 is 1.21 bits per heavy atom. The molecule has 1 aliphatic heterocycles. The molecular formula is C27H38N6O4S. The van der Waals surface area contributed by atoms with E-state index in [-0.39, 0.29) is 42.5 Å². The van der Waals surface area contributed by atoms with Gasteiger partial charge in [0.25, 0.3) is 0 Å². The van der Waals surface area contributed by atoms with Crippen molar-refractivity contribution in [3.63, 3.8) is 0 Å². The monoisotopic (exact) mass is 542 g/mol. The zero-order valence-electron chi connectivity index (χ0n) is 23.4. The van der Waals surface area contributed by atoms with E-state index in [1.165, 1.54) is 10.6 Å². The second-order valence-electron chi connectivity index (χ2n) is 11.2. The third-order valence-corrected chi connectivity index (χ3v) is 8.37. The van der Waals surface area contributed by atoms with Crippen LogP contribution in [-0.4, -0.2) is 71.6 Å². The normalized spacial score (nSPS) is 16.7. The van der Waals surface area contributed by atoms with Crippen molar-refractivity contribution in [2.75, 3.05) is 38.8 Å². The van der Waals surface area contributed by atoms with Gasteiger partial charge in [0.2, 0.25) is 15.9 Å². The number of aromatic nitrogens is 3. The van der Waals surface area contributed by atoms with E-state index >= 15 is 0 Å². The van der Waals surface area contributed by atoms with Crippen LogP contribution in [0.4, 0.5) is 11.4 Å². The lowest BCUT2D eigenvalue weighted by molar-refractivity contribution is -0.142. The number of amides is 1. The first-order valence-electron chi connectivity index (χ1n) is 12.7. The van der Waals surface area contributed by atoms with E-state index in [9.17, 15) is 13.2 Å². The van der Waals surface area contributed by atoms with Crippen LogP contribution < -0.4 is 5.32 Å². The van der Waals surface area contributed by atoms with Crippen molar-refractivity contribution in [1.29, 1.82) is 0 Å². The fourth-order valence-electron chi connectivity index (χ4n) is 5.17. The average Bonchev–Trinajstić information content (AvgIpc) is 3.16. The topological polar surface area (TPSA) is 109 Å². The molecule has 2 aromatic heterocycles. The number of nitrogens with zero attached hydrogens (tertiary/aromatic N) is 5. The molecule has 0 saturated carbocycles. The SMILES string of the molecule is CO[C@@H](C)c1c(Nc2ccc([C@H](N(C)C(=O)C3CN(S(C)(=O)=O)C3)C(C)(C)C)cc2)cnn2cc(C)nc12. The van der Waals surface area contributed by atoms with E-state index in [1.807, 2.05) is 44.3 Å². The van der Waals surface area contributed by atoms with Crippen LogP contribution >= 0.6 is 0 Å². The minimum atomic E-state index is -3.27. The van der Waals surface area contributed by atoms with E-state index < -0.39 is 10.0 Å². The van der Waals surface area contributed by atoms with Crippen LogP contribution in [0, 0.1) is 18.3 Å². The number of imidazole rings is 1. The van der Waals surface area contributed by atoms with Crippen LogP contribution in [0.2, 0.25) is 0 Å². The number of nitrogens with one attached hydrogen (secondary N) is 1. The van der Waals surface area contributed by atoms with Gasteiger partial charge in [0.1, 0.15) is 0 Å². The highest BCUT2D eigenvalue weighted by Crippen LogP contribution is 2.39. The van der Waals surface area contributed by atoms with E-state index in [2.05, 4.69) is 36.2 Å². The number of aryl methyl sites for hydroxylation is 1. The van der Waals surface area contributed by atoms with Gasteiger partial charge in [-0.25, -0.2) is 22.2 Å². The number of sulfonamides is 1. The molecule has 11 heteroatoms. The molecule has 206 valence electrons. The molecule has 1 aliphatic rings. The molecule has 10 nitrogen and oxygen atoms in total. The third-order valence-electron chi connectivity index (χ3n) is 7.14. The summed E-state index contributed by atoms with van der Waals surface area (Å²) >= 11 is 0. The van der Waals surface area contributed by atoms with Gasteiger partial charge in [-0.2, -0.15) is 5.10 Å². The molecule has 1 amide bonds. The third kappa shape index (κ3) is 5.55. The molecule has 0 radical (unpaired) electrons. The molecule has 3 aromatic rings. The minimum absolute atomic E-state index is 0.0420. The summed E-state index contributed by atoms with van der Waals surface area (Å²) in [7, 11) is 0.201. The summed E-state index contributed by atoms with van der Waals surface area (Å²) in [6, 6.07) is 7.84. The Balaban J connectivity index is 1.57. The summed E-state index contributed by atoms with van der Waals surface area (Å²) in [6.45, 7) is 10.7. The van der Waals surface area contributed by atoms with Gasteiger partial charge in [-0.3, -0.25) is 4.79 Å². The van der Waals surface area contributed by atoms with Gasteiger partial charge in [-0.15, -0.1) is 0 Å². The minimum Gasteiger partial charge on any atom is -0.377 e. The van der Waals surface area contributed by atoms with Crippen molar-refractivity contribution in [3.05, 3.63) is 53.5 Å². The van der Waals surface area contributed by atoms with Crippen LogP contribution in [0.15, 0.2) is 36.7 Å². The predicted molar refractivity (Wildman–Crippen MR) is 148 cm³/mol. The highest BCUT2D eigenvalue weighted by atomic mass is 32.2. The molecule has 0 spiro atoms. The van der Waals surface area contributed by atoms with Crippen molar-refractivity contribution >= 4 is 33.0 Å². The van der Waals surface area contributed by atoms with Gasteiger partial charge in [-0.1, -0.05) is 32.9 Å². The van der Waals surface area contributed by atoms with Crippen molar-refractivity contribution in [2.24, 2.45) is 11.3 Å². The molecule has 3 heterocycles. The Bertz CT molecular complexity index is 1420. The second-order valence-corrected chi connectivity index (χ2v) is 13.2. The molecule has 0 bridgehead atoms. The molecular weight excluding hydrogens is 504 g/mol. The molecule has 4 rings (SSSR count). The second kappa shape index (κ2) is 10.3. The Morgan fingerprint density at radius 2 is 1.84 bits per heavy atom. The van der Waals surface area contributed by atoms with Gasteiger partial charge in [-0.05, 0) is 37.0 Å². The number of hydrogen-bond donors (Lipinski definition) is 1. The van der Waals surface area contributed by atoms with Crippen molar-refractivity contribution < 1.29 is 17.9 Å². The van der Waals surface area contributed by atoms with Gasteiger partial charge in [0.15, 0.2) is 5.65 Å². The maximum atomic E-state index is 13.3. The number of carbonyl (C=O) groups excluding carboxylic acids is 1. The molecule has 1 fully saturated rings. The van der Waals surface area contributed by atoms with Gasteiger partial charge in [0.05, 0.1) is 53.7 Å². The quantitative estimate of drug-likeness (QED) is 0.459. The highest BCUT2D eigenvalue weighted by Gasteiger charge is 2.42. The number of methoxy groups -OCH3 is 1. The van der Waals surface area contributed by atoms with Gasteiger partial charge >= 0.3 is 0 Å². The van der Waals surface area contributed by atoms with E-state index in [0.717, 1.165) is 33.8 Å². The lowest BCUT2D eigenvalue weighted by Gasteiger charge is -2.43. The van der Waals surface area contributed by atoms with Gasteiger partial charge in [0, 0.05) is 32.9 Å². The summed E-state index contributed by atoms with van der Waals surface area (Å²) in [5, 5.41) is 7.96. The number of carbonyl (C=O) groups is 1. The first-order chi connectivity index (χ1) is 17.7. The number of benzene rings is 1. The van der Waals surface area contributed by atoms with Crippen molar-refractivity contribution in [2.45, 2.75) is 46.8 Å². The summed E-state index contributed by atoms with van der Waals surface area (Å²) in [4.78, 5) is 19.7. The number of hydrogen-bond acceptors (Lipinski definition) is 7. The predicted octanol–water partition coefficient (Wildman–Crippen LogP) is 3.93. The Labute approximate surface area is 225 Å². The zero-order valence-corrected chi connectivity index (χ0v) is 24.2. The van der Waals surface area contributed by atoms with Crippen LogP contribution in [-0.2, 0) is 19.6 Å². The highest BCUT2D eigenvalue weighted by molar-refractivity contribution is 7.88. The average molecular weight is 543 g/mol. The standard InChI is InChI=1S/C27H38N6O4S/c1-17-14-33-25(29-17)23(18(2)37-7)22(13-28-33)30-21-11-9-19(10-12-21)24(27(3,4)5)31(6)26(34)20-15-32(16-20)38(8,35)36/h9-14,18,20,24,30H,15-16H2,1-8H3/t18-,24-/m0/s1. The maximum Gasteiger partial charge on any atom is 0.228 e. The Hall–Kier alpha value is -3.02. The number of rotatable bonds is 8. The largest absolute Gasteiger partial charge is 0.377 e. The number of ether oxygens (including phenoxy) is 1. The Morgan fingerprint density at radius 3 is 2.39 bits per heavy atom.